The highest BCUT2D eigenvalue weighted by Gasteiger charge is 2.15. The van der Waals surface area contributed by atoms with Crippen LogP contribution >= 0.6 is 11.3 Å². The number of aromatic nitrogens is 2. The Morgan fingerprint density at radius 2 is 1.93 bits per heavy atom. The van der Waals surface area contributed by atoms with Gasteiger partial charge in [0, 0.05) is 37.3 Å². The van der Waals surface area contributed by atoms with E-state index in [0.29, 0.717) is 35.2 Å². The van der Waals surface area contributed by atoms with Crippen LogP contribution in [0.25, 0.3) is 0 Å². The fraction of sp³-hybridized carbons (Fsp3) is 0.250. The van der Waals surface area contributed by atoms with Gasteiger partial charge in [-0.1, -0.05) is 0 Å². The van der Waals surface area contributed by atoms with Crippen LogP contribution in [0.2, 0.25) is 0 Å². The zero-order valence-electron chi connectivity index (χ0n) is 16.1. The Balaban J connectivity index is 1.59. The number of carbonyl (C=O) groups excluding carboxylic acids is 1. The number of amides is 1. The second-order valence-electron chi connectivity index (χ2n) is 6.47. The van der Waals surface area contributed by atoms with Crippen molar-refractivity contribution in [1.82, 2.24) is 9.97 Å². The molecule has 0 saturated heterocycles. The number of nitrogen functional groups attached to an aromatic ring is 1. The third kappa shape index (κ3) is 4.98. The lowest BCUT2D eigenvalue weighted by molar-refractivity contribution is 0.102. The Hall–Kier alpha value is -3.13. The molecular weight excluding hydrogens is 374 g/mol. The predicted molar refractivity (Wildman–Crippen MR) is 113 cm³/mol. The summed E-state index contributed by atoms with van der Waals surface area (Å²) in [5.41, 5.74) is 8.62. The zero-order valence-corrected chi connectivity index (χ0v) is 16.9. The monoisotopic (exact) mass is 397 g/mol. The summed E-state index contributed by atoms with van der Waals surface area (Å²) >= 11 is 1.42. The summed E-state index contributed by atoms with van der Waals surface area (Å²) in [6.45, 7) is 2.41. The van der Waals surface area contributed by atoms with Gasteiger partial charge in [0.1, 0.15) is 11.6 Å². The quantitative estimate of drug-likeness (QED) is 0.635. The third-order valence-corrected chi connectivity index (χ3v) is 4.71. The molecule has 3 rings (SSSR count). The van der Waals surface area contributed by atoms with Gasteiger partial charge in [-0.05, 0) is 43.3 Å². The first-order chi connectivity index (χ1) is 13.4. The number of hydrogen-bond donors (Lipinski definition) is 2. The molecule has 3 N–H and O–H groups in total. The lowest BCUT2D eigenvalue weighted by Gasteiger charge is -2.16. The molecule has 0 aliphatic rings. The molecule has 0 aliphatic heterocycles. The Kier molecular flexibility index (Phi) is 6.10. The van der Waals surface area contributed by atoms with E-state index in [2.05, 4.69) is 15.3 Å². The molecule has 2 aromatic heterocycles. The number of nitrogens with zero attached hydrogens (tertiary/aromatic N) is 3. The lowest BCUT2D eigenvalue weighted by atomic mass is 10.2. The van der Waals surface area contributed by atoms with E-state index < -0.39 is 0 Å². The van der Waals surface area contributed by atoms with E-state index >= 15 is 0 Å². The van der Waals surface area contributed by atoms with Gasteiger partial charge in [0.15, 0.2) is 5.13 Å². The molecule has 0 unspecified atom stereocenters. The van der Waals surface area contributed by atoms with Crippen LogP contribution in [0.5, 0.6) is 5.75 Å². The maximum absolute atomic E-state index is 12.6. The van der Waals surface area contributed by atoms with Gasteiger partial charge in [0.2, 0.25) is 0 Å². The number of pyridine rings is 1. The van der Waals surface area contributed by atoms with Gasteiger partial charge in [-0.3, -0.25) is 4.79 Å². The first kappa shape index (κ1) is 19.6. The number of anilines is 3. The fourth-order valence-corrected chi connectivity index (χ4v) is 3.20. The van der Waals surface area contributed by atoms with Gasteiger partial charge in [0.05, 0.1) is 17.9 Å². The zero-order chi connectivity index (χ0) is 20.1. The minimum absolute atomic E-state index is 0.203. The van der Waals surface area contributed by atoms with Crippen molar-refractivity contribution in [3.8, 4) is 5.75 Å². The maximum atomic E-state index is 12.6. The number of nitrogens with two attached hydrogens (primary N) is 1. The number of ether oxygens (including phenoxy) is 1. The van der Waals surface area contributed by atoms with Crippen molar-refractivity contribution in [2.45, 2.75) is 13.3 Å². The Morgan fingerprint density at radius 3 is 2.57 bits per heavy atom. The number of nitrogens with one attached hydrogen (secondary N) is 1. The van der Waals surface area contributed by atoms with Gasteiger partial charge in [-0.2, -0.15) is 0 Å². The van der Waals surface area contributed by atoms with E-state index in [0.717, 1.165) is 17.1 Å². The van der Waals surface area contributed by atoms with Gasteiger partial charge < -0.3 is 20.7 Å². The predicted octanol–water partition coefficient (Wildman–Crippen LogP) is 3.37. The number of hydrogen-bond acceptors (Lipinski definition) is 7. The minimum atomic E-state index is -0.203. The lowest BCUT2D eigenvalue weighted by Crippen LogP contribution is -2.20. The van der Waals surface area contributed by atoms with Crippen LogP contribution in [-0.4, -0.2) is 36.6 Å². The molecule has 0 radical (unpaired) electrons. The summed E-state index contributed by atoms with van der Waals surface area (Å²) in [6, 6.07) is 10.9. The van der Waals surface area contributed by atoms with E-state index in [4.69, 9.17) is 10.5 Å². The topological polar surface area (TPSA) is 93.4 Å². The van der Waals surface area contributed by atoms with Crippen LogP contribution < -0.4 is 20.7 Å². The molecule has 0 saturated carbocycles. The van der Waals surface area contributed by atoms with Crippen LogP contribution in [0.3, 0.4) is 0 Å². The SMILES string of the molecule is Cc1ccc(C(=O)Nc2ccc(OCCc3csc(N)n3)cc2)c(N(C)C)n1. The molecule has 0 aliphatic carbocycles. The highest BCUT2D eigenvalue weighted by atomic mass is 32.1. The van der Waals surface area contributed by atoms with Gasteiger partial charge in [0.25, 0.3) is 5.91 Å². The largest absolute Gasteiger partial charge is 0.493 e. The number of thiazole rings is 1. The van der Waals surface area contributed by atoms with Crippen molar-refractivity contribution in [3.05, 3.63) is 58.7 Å². The molecule has 0 spiro atoms. The Morgan fingerprint density at radius 1 is 1.18 bits per heavy atom. The number of benzene rings is 1. The molecule has 146 valence electrons. The third-order valence-electron chi connectivity index (χ3n) is 3.99. The average molecular weight is 398 g/mol. The molecule has 7 nitrogen and oxygen atoms in total. The molecule has 0 atom stereocenters. The first-order valence-electron chi connectivity index (χ1n) is 8.81. The fourth-order valence-electron chi connectivity index (χ4n) is 2.60. The summed E-state index contributed by atoms with van der Waals surface area (Å²) < 4.78 is 5.72. The minimum Gasteiger partial charge on any atom is -0.493 e. The first-order valence-corrected chi connectivity index (χ1v) is 9.69. The normalized spacial score (nSPS) is 10.5. The highest BCUT2D eigenvalue weighted by Crippen LogP contribution is 2.20. The molecule has 0 fully saturated rings. The summed E-state index contributed by atoms with van der Waals surface area (Å²) in [5, 5.41) is 5.40. The van der Waals surface area contributed by atoms with Crippen LogP contribution in [0.4, 0.5) is 16.6 Å². The molecule has 1 aromatic carbocycles. The van der Waals surface area contributed by atoms with E-state index in [9.17, 15) is 4.79 Å². The van der Waals surface area contributed by atoms with Gasteiger partial charge in [-0.15, -0.1) is 11.3 Å². The number of carbonyl (C=O) groups is 1. The Labute approximate surface area is 168 Å². The molecule has 3 aromatic rings. The van der Waals surface area contributed by atoms with Crippen LogP contribution in [0.15, 0.2) is 41.8 Å². The van der Waals surface area contributed by atoms with E-state index in [-0.39, 0.29) is 5.91 Å². The Bertz CT molecular complexity index is 953. The maximum Gasteiger partial charge on any atom is 0.259 e. The smallest absolute Gasteiger partial charge is 0.259 e. The number of rotatable bonds is 7. The highest BCUT2D eigenvalue weighted by molar-refractivity contribution is 7.13. The standard InChI is InChI=1S/C20H23N5O2S/c1-13-4-9-17(18(22-13)25(2)3)19(26)23-14-5-7-16(8-6-14)27-11-10-15-12-28-20(21)24-15/h4-9,12H,10-11H2,1-3H3,(H2,21,24)(H,23,26). The van der Waals surface area contributed by atoms with Gasteiger partial charge >= 0.3 is 0 Å². The summed E-state index contributed by atoms with van der Waals surface area (Å²) in [4.78, 5) is 23.1. The molecule has 0 bridgehead atoms. The van der Waals surface area contributed by atoms with Crippen molar-refractivity contribution in [2.24, 2.45) is 0 Å². The van der Waals surface area contributed by atoms with Crippen LogP contribution in [-0.2, 0) is 6.42 Å². The van der Waals surface area contributed by atoms with Gasteiger partial charge in [-0.25, -0.2) is 9.97 Å². The molecule has 1 amide bonds. The molecule has 2 heterocycles. The van der Waals surface area contributed by atoms with Crippen LogP contribution in [0.1, 0.15) is 21.7 Å². The van der Waals surface area contributed by atoms with Crippen molar-refractivity contribution in [2.75, 3.05) is 36.7 Å². The van der Waals surface area contributed by atoms with Crippen molar-refractivity contribution < 1.29 is 9.53 Å². The van der Waals surface area contributed by atoms with Crippen LogP contribution in [0, 0.1) is 6.92 Å². The summed E-state index contributed by atoms with van der Waals surface area (Å²) in [6.07, 6.45) is 0.694. The van der Waals surface area contributed by atoms with E-state index in [1.54, 1.807) is 6.07 Å². The van der Waals surface area contributed by atoms with Crippen molar-refractivity contribution in [3.63, 3.8) is 0 Å². The second kappa shape index (κ2) is 8.71. The summed E-state index contributed by atoms with van der Waals surface area (Å²) in [5.74, 6) is 1.17. The van der Waals surface area contributed by atoms with E-state index in [1.807, 2.05) is 61.6 Å². The summed E-state index contributed by atoms with van der Waals surface area (Å²) in [7, 11) is 3.73. The van der Waals surface area contributed by atoms with Crippen molar-refractivity contribution in [1.29, 1.82) is 0 Å². The average Bonchev–Trinajstić information content (AvgIpc) is 3.08. The molecule has 8 heteroatoms. The van der Waals surface area contributed by atoms with Crippen molar-refractivity contribution >= 4 is 33.9 Å². The second-order valence-corrected chi connectivity index (χ2v) is 7.36. The molecule has 28 heavy (non-hydrogen) atoms. The molecular formula is C20H23N5O2S. The van der Waals surface area contributed by atoms with E-state index in [1.165, 1.54) is 11.3 Å². The number of aryl methyl sites for hydroxylation is 1.